The van der Waals surface area contributed by atoms with Crippen molar-refractivity contribution in [3.05, 3.63) is 33.9 Å². The topological polar surface area (TPSA) is 86.9 Å². The van der Waals surface area contributed by atoms with Crippen molar-refractivity contribution in [1.82, 2.24) is 4.90 Å². The average molecular weight is 281 g/mol. The van der Waals surface area contributed by atoms with E-state index in [0.717, 1.165) is 13.0 Å². The molecule has 0 saturated carbocycles. The van der Waals surface area contributed by atoms with Gasteiger partial charge in [0.1, 0.15) is 5.69 Å². The second-order valence-corrected chi connectivity index (χ2v) is 4.84. The number of aromatic carboxylic acids is 1. The Bertz CT molecular complexity index is 502. The van der Waals surface area contributed by atoms with Gasteiger partial charge in [0.2, 0.25) is 0 Å². The summed E-state index contributed by atoms with van der Waals surface area (Å²) in [6, 6.07) is 3.83. The number of carboxylic acids is 1. The summed E-state index contributed by atoms with van der Waals surface area (Å²) in [6.45, 7) is 1.47. The smallest absolute Gasteiger partial charge is 0.335 e. The SMILES string of the molecule is CN(C)CCCN(C)c1cc(C(=O)O)ccc1[N+](=O)[O-]. The molecule has 0 aromatic heterocycles. The molecule has 0 unspecified atom stereocenters. The van der Waals surface area contributed by atoms with Gasteiger partial charge in [0, 0.05) is 19.7 Å². The molecule has 0 bridgehead atoms. The van der Waals surface area contributed by atoms with Gasteiger partial charge in [-0.3, -0.25) is 10.1 Å². The van der Waals surface area contributed by atoms with Crippen molar-refractivity contribution in [2.45, 2.75) is 6.42 Å². The van der Waals surface area contributed by atoms with Crippen LogP contribution in [0.25, 0.3) is 0 Å². The highest BCUT2D eigenvalue weighted by atomic mass is 16.6. The monoisotopic (exact) mass is 281 g/mol. The first-order valence-electron chi connectivity index (χ1n) is 6.20. The molecule has 0 spiro atoms. The van der Waals surface area contributed by atoms with Gasteiger partial charge in [-0.1, -0.05) is 0 Å². The first-order chi connectivity index (χ1) is 9.32. The Balaban J connectivity index is 2.96. The van der Waals surface area contributed by atoms with Crippen LogP contribution in [0.15, 0.2) is 18.2 Å². The molecular weight excluding hydrogens is 262 g/mol. The van der Waals surface area contributed by atoms with Crippen molar-refractivity contribution in [2.24, 2.45) is 0 Å². The predicted octanol–water partition coefficient (Wildman–Crippen LogP) is 1.68. The van der Waals surface area contributed by atoms with Gasteiger partial charge < -0.3 is 14.9 Å². The second kappa shape index (κ2) is 6.85. The number of nitrogens with zero attached hydrogens (tertiary/aromatic N) is 3. The van der Waals surface area contributed by atoms with Crippen molar-refractivity contribution in [1.29, 1.82) is 0 Å². The second-order valence-electron chi connectivity index (χ2n) is 4.84. The van der Waals surface area contributed by atoms with E-state index in [4.69, 9.17) is 5.11 Å². The van der Waals surface area contributed by atoms with Crippen molar-refractivity contribution in [3.8, 4) is 0 Å². The summed E-state index contributed by atoms with van der Waals surface area (Å²) in [7, 11) is 5.63. The van der Waals surface area contributed by atoms with E-state index < -0.39 is 10.9 Å². The zero-order valence-electron chi connectivity index (χ0n) is 11.9. The van der Waals surface area contributed by atoms with E-state index in [0.29, 0.717) is 12.2 Å². The summed E-state index contributed by atoms with van der Waals surface area (Å²) in [5, 5.41) is 20.0. The van der Waals surface area contributed by atoms with Gasteiger partial charge in [-0.15, -0.1) is 0 Å². The summed E-state index contributed by atoms with van der Waals surface area (Å²) in [6.07, 6.45) is 0.831. The number of hydrogen-bond donors (Lipinski definition) is 1. The highest BCUT2D eigenvalue weighted by Crippen LogP contribution is 2.28. The van der Waals surface area contributed by atoms with E-state index in [1.165, 1.54) is 18.2 Å². The fraction of sp³-hybridized carbons (Fsp3) is 0.462. The zero-order valence-corrected chi connectivity index (χ0v) is 11.9. The summed E-state index contributed by atoms with van der Waals surface area (Å²) in [5.41, 5.74) is 0.293. The third-order valence-electron chi connectivity index (χ3n) is 2.93. The van der Waals surface area contributed by atoms with Gasteiger partial charge in [-0.05, 0) is 39.2 Å². The number of anilines is 1. The highest BCUT2D eigenvalue weighted by Gasteiger charge is 2.19. The molecule has 1 N–H and O–H groups in total. The Morgan fingerprint density at radius 2 is 1.95 bits per heavy atom. The van der Waals surface area contributed by atoms with E-state index in [2.05, 4.69) is 0 Å². The van der Waals surface area contributed by atoms with Crippen molar-refractivity contribution < 1.29 is 14.8 Å². The van der Waals surface area contributed by atoms with Crippen LogP contribution in [0.2, 0.25) is 0 Å². The van der Waals surface area contributed by atoms with E-state index in [1.54, 1.807) is 11.9 Å². The van der Waals surface area contributed by atoms with Gasteiger partial charge in [0.05, 0.1) is 10.5 Å². The number of nitro benzene ring substituents is 1. The minimum atomic E-state index is -1.09. The maximum absolute atomic E-state index is 11.0. The molecule has 0 aliphatic carbocycles. The van der Waals surface area contributed by atoms with Gasteiger partial charge in [0.25, 0.3) is 5.69 Å². The molecule has 110 valence electrons. The van der Waals surface area contributed by atoms with Crippen LogP contribution in [0, 0.1) is 10.1 Å². The van der Waals surface area contributed by atoms with Gasteiger partial charge in [-0.2, -0.15) is 0 Å². The lowest BCUT2D eigenvalue weighted by Gasteiger charge is -2.20. The highest BCUT2D eigenvalue weighted by molar-refractivity contribution is 5.90. The van der Waals surface area contributed by atoms with Crippen LogP contribution >= 0.6 is 0 Å². The van der Waals surface area contributed by atoms with Gasteiger partial charge >= 0.3 is 5.97 Å². The van der Waals surface area contributed by atoms with Crippen LogP contribution in [0.5, 0.6) is 0 Å². The Hall–Kier alpha value is -2.15. The molecule has 0 heterocycles. The Morgan fingerprint density at radius 3 is 2.45 bits per heavy atom. The molecule has 0 amide bonds. The molecule has 20 heavy (non-hydrogen) atoms. The molecule has 0 aliphatic rings. The maximum Gasteiger partial charge on any atom is 0.335 e. The van der Waals surface area contributed by atoms with Gasteiger partial charge in [0.15, 0.2) is 0 Å². The summed E-state index contributed by atoms with van der Waals surface area (Å²) in [4.78, 5) is 25.2. The Morgan fingerprint density at radius 1 is 1.30 bits per heavy atom. The minimum absolute atomic E-state index is 0.0464. The van der Waals surface area contributed by atoms with Crippen LogP contribution in [-0.4, -0.2) is 55.1 Å². The fourth-order valence-corrected chi connectivity index (χ4v) is 1.86. The van der Waals surface area contributed by atoms with Crippen LogP contribution in [0.4, 0.5) is 11.4 Å². The van der Waals surface area contributed by atoms with Crippen LogP contribution in [-0.2, 0) is 0 Å². The van der Waals surface area contributed by atoms with Crippen LogP contribution in [0.1, 0.15) is 16.8 Å². The van der Waals surface area contributed by atoms with E-state index in [9.17, 15) is 14.9 Å². The first-order valence-corrected chi connectivity index (χ1v) is 6.20. The third kappa shape index (κ3) is 4.20. The van der Waals surface area contributed by atoms with E-state index in [1.807, 2.05) is 19.0 Å². The molecule has 7 heteroatoms. The molecule has 0 atom stereocenters. The molecule has 1 rings (SSSR count). The lowest BCUT2D eigenvalue weighted by Crippen LogP contribution is -2.24. The van der Waals surface area contributed by atoms with Crippen molar-refractivity contribution in [2.75, 3.05) is 39.1 Å². The number of hydrogen-bond acceptors (Lipinski definition) is 5. The first kappa shape index (κ1) is 15.9. The average Bonchev–Trinajstić information content (AvgIpc) is 2.37. The zero-order chi connectivity index (χ0) is 15.3. The van der Waals surface area contributed by atoms with E-state index in [-0.39, 0.29) is 11.3 Å². The maximum atomic E-state index is 11.0. The van der Waals surface area contributed by atoms with Crippen LogP contribution < -0.4 is 4.90 Å². The Labute approximate surface area is 117 Å². The predicted molar refractivity (Wildman–Crippen MR) is 76.5 cm³/mol. The molecule has 1 aromatic rings. The summed E-state index contributed by atoms with van der Waals surface area (Å²) < 4.78 is 0. The fourth-order valence-electron chi connectivity index (χ4n) is 1.86. The number of carboxylic acid groups (broad SMARTS) is 1. The molecule has 0 aliphatic heterocycles. The lowest BCUT2D eigenvalue weighted by molar-refractivity contribution is -0.384. The normalized spacial score (nSPS) is 10.6. The number of carbonyl (C=O) groups is 1. The molecule has 1 aromatic carbocycles. The summed E-state index contributed by atoms with van der Waals surface area (Å²) in [5.74, 6) is -1.09. The minimum Gasteiger partial charge on any atom is -0.478 e. The Kier molecular flexibility index (Phi) is 5.45. The quantitative estimate of drug-likeness (QED) is 0.604. The summed E-state index contributed by atoms with van der Waals surface area (Å²) >= 11 is 0. The number of nitro groups is 1. The molecule has 0 saturated heterocycles. The molecule has 0 radical (unpaired) electrons. The van der Waals surface area contributed by atoms with E-state index >= 15 is 0 Å². The van der Waals surface area contributed by atoms with Crippen LogP contribution in [0.3, 0.4) is 0 Å². The largest absolute Gasteiger partial charge is 0.478 e. The molecule has 0 fully saturated rings. The third-order valence-corrected chi connectivity index (χ3v) is 2.93. The molecule has 7 nitrogen and oxygen atoms in total. The van der Waals surface area contributed by atoms with Crippen molar-refractivity contribution in [3.63, 3.8) is 0 Å². The number of rotatable bonds is 7. The van der Waals surface area contributed by atoms with Crippen molar-refractivity contribution >= 4 is 17.3 Å². The van der Waals surface area contributed by atoms with Gasteiger partial charge in [-0.25, -0.2) is 4.79 Å². The standard InChI is InChI=1S/C13H19N3O4/c1-14(2)7-4-8-15(3)12-9-10(13(17)18)5-6-11(12)16(19)20/h5-6,9H,4,7-8H2,1-3H3,(H,17,18). The molecular formula is C13H19N3O4. The lowest BCUT2D eigenvalue weighted by atomic mass is 10.1. The number of benzene rings is 1.